The normalized spacial score (nSPS) is 10.5. The van der Waals surface area contributed by atoms with Gasteiger partial charge in [0, 0.05) is 34.6 Å². The molecule has 1 aromatic heterocycles. The molecule has 5 nitrogen and oxygen atoms in total. The van der Waals surface area contributed by atoms with Crippen LogP contribution in [0.25, 0.3) is 0 Å². The Balaban J connectivity index is 1.66. The van der Waals surface area contributed by atoms with E-state index >= 15 is 0 Å². The fourth-order valence-corrected chi connectivity index (χ4v) is 2.77. The summed E-state index contributed by atoms with van der Waals surface area (Å²) >= 11 is 5.91. The summed E-state index contributed by atoms with van der Waals surface area (Å²) in [5.41, 5.74) is 3.48. The van der Waals surface area contributed by atoms with Gasteiger partial charge in [0.2, 0.25) is 5.95 Å². The molecule has 138 valence electrons. The summed E-state index contributed by atoms with van der Waals surface area (Å²) < 4.78 is 0. The van der Waals surface area contributed by atoms with E-state index in [-0.39, 0.29) is 5.78 Å². The van der Waals surface area contributed by atoms with Crippen molar-refractivity contribution in [2.45, 2.75) is 20.3 Å². The highest BCUT2D eigenvalue weighted by molar-refractivity contribution is 6.30. The summed E-state index contributed by atoms with van der Waals surface area (Å²) in [5.74, 6) is 1.26. The molecule has 0 fully saturated rings. The van der Waals surface area contributed by atoms with E-state index in [4.69, 9.17) is 11.6 Å². The molecule has 27 heavy (non-hydrogen) atoms. The number of aromatic nitrogens is 2. The van der Waals surface area contributed by atoms with Gasteiger partial charge >= 0.3 is 0 Å². The van der Waals surface area contributed by atoms with Crippen molar-refractivity contribution in [3.63, 3.8) is 0 Å². The number of carbonyl (C=O) groups is 1. The molecule has 0 bridgehead atoms. The van der Waals surface area contributed by atoms with Crippen molar-refractivity contribution in [1.29, 1.82) is 0 Å². The minimum Gasteiger partial charge on any atom is -0.370 e. The van der Waals surface area contributed by atoms with Crippen LogP contribution < -0.4 is 10.6 Å². The van der Waals surface area contributed by atoms with Crippen LogP contribution in [0, 0.1) is 6.92 Å². The Morgan fingerprint density at radius 1 is 1.07 bits per heavy atom. The maximum absolute atomic E-state index is 11.5. The Morgan fingerprint density at radius 3 is 2.59 bits per heavy atom. The Bertz CT molecular complexity index is 941. The number of Topliss-reactive ketones (excluding diaryl/α,β-unsaturated/α-hetero) is 1. The Kier molecular flexibility index (Phi) is 6.04. The highest BCUT2D eigenvalue weighted by Gasteiger charge is 2.05. The number of hydrogen-bond acceptors (Lipinski definition) is 5. The first kappa shape index (κ1) is 18.9. The van der Waals surface area contributed by atoms with Gasteiger partial charge in [0.15, 0.2) is 5.78 Å². The van der Waals surface area contributed by atoms with E-state index in [0.717, 1.165) is 35.2 Å². The van der Waals surface area contributed by atoms with Crippen molar-refractivity contribution < 1.29 is 4.79 Å². The van der Waals surface area contributed by atoms with Crippen LogP contribution in [0.1, 0.15) is 28.5 Å². The second kappa shape index (κ2) is 8.64. The van der Waals surface area contributed by atoms with Crippen LogP contribution >= 0.6 is 11.6 Å². The fraction of sp³-hybridized carbons (Fsp3) is 0.190. The minimum absolute atomic E-state index is 0.0216. The molecule has 0 atom stereocenters. The molecule has 0 aliphatic heterocycles. The number of nitrogens with one attached hydrogen (secondary N) is 2. The van der Waals surface area contributed by atoms with Gasteiger partial charge in [-0.15, -0.1) is 0 Å². The predicted molar refractivity (Wildman–Crippen MR) is 110 cm³/mol. The van der Waals surface area contributed by atoms with Crippen molar-refractivity contribution in [3.8, 4) is 0 Å². The lowest BCUT2D eigenvalue weighted by atomic mass is 10.1. The molecule has 3 rings (SSSR count). The number of halogens is 1. The summed E-state index contributed by atoms with van der Waals surface area (Å²) in [4.78, 5) is 20.5. The number of nitrogens with zero attached hydrogens (tertiary/aromatic N) is 2. The van der Waals surface area contributed by atoms with Gasteiger partial charge in [0.1, 0.15) is 5.82 Å². The van der Waals surface area contributed by atoms with Crippen molar-refractivity contribution in [1.82, 2.24) is 9.97 Å². The molecule has 6 heteroatoms. The zero-order valence-electron chi connectivity index (χ0n) is 15.3. The summed E-state index contributed by atoms with van der Waals surface area (Å²) in [5, 5.41) is 7.23. The Morgan fingerprint density at radius 2 is 1.85 bits per heavy atom. The molecule has 0 aliphatic rings. The van der Waals surface area contributed by atoms with E-state index < -0.39 is 0 Å². The molecule has 0 spiro atoms. The van der Waals surface area contributed by atoms with Crippen molar-refractivity contribution in [3.05, 3.63) is 76.4 Å². The summed E-state index contributed by atoms with van der Waals surface area (Å²) in [6.07, 6.45) is 0.865. The molecular formula is C21H21ClN4O. The van der Waals surface area contributed by atoms with E-state index in [1.54, 1.807) is 19.1 Å². The standard InChI is InChI=1S/C21H21ClN4O/c1-14-12-20(23-11-10-16-6-8-18(22)9-7-16)26-21(24-14)25-19-5-3-4-17(13-19)15(2)27/h3-9,12-13H,10-11H2,1-2H3,(H2,23,24,25,26). The number of hydrogen-bond donors (Lipinski definition) is 2. The molecule has 0 aliphatic carbocycles. The first-order chi connectivity index (χ1) is 13.0. The number of carbonyl (C=O) groups excluding carboxylic acids is 1. The molecule has 2 N–H and O–H groups in total. The zero-order valence-corrected chi connectivity index (χ0v) is 16.0. The largest absolute Gasteiger partial charge is 0.370 e. The van der Waals surface area contributed by atoms with Crippen LogP contribution in [0.3, 0.4) is 0 Å². The van der Waals surface area contributed by atoms with Gasteiger partial charge < -0.3 is 10.6 Å². The Labute approximate surface area is 163 Å². The number of benzene rings is 2. The third-order valence-electron chi connectivity index (χ3n) is 4.01. The molecule has 0 radical (unpaired) electrons. The lowest BCUT2D eigenvalue weighted by molar-refractivity contribution is 0.101. The van der Waals surface area contributed by atoms with E-state index in [1.165, 1.54) is 5.56 Å². The van der Waals surface area contributed by atoms with Gasteiger partial charge in [-0.1, -0.05) is 35.9 Å². The number of ketones is 1. The fourth-order valence-electron chi connectivity index (χ4n) is 2.65. The van der Waals surface area contributed by atoms with Crippen molar-refractivity contribution in [2.24, 2.45) is 0 Å². The maximum atomic E-state index is 11.5. The summed E-state index contributed by atoms with van der Waals surface area (Å²) in [6.45, 7) is 4.21. The number of rotatable bonds is 7. The van der Waals surface area contributed by atoms with E-state index in [2.05, 4.69) is 20.6 Å². The first-order valence-corrected chi connectivity index (χ1v) is 9.09. The first-order valence-electron chi connectivity index (χ1n) is 8.71. The van der Waals surface area contributed by atoms with E-state index in [1.807, 2.05) is 49.4 Å². The molecular weight excluding hydrogens is 360 g/mol. The van der Waals surface area contributed by atoms with Gasteiger partial charge in [-0.05, 0) is 50.1 Å². The smallest absolute Gasteiger partial charge is 0.229 e. The van der Waals surface area contributed by atoms with Crippen molar-refractivity contribution in [2.75, 3.05) is 17.2 Å². The van der Waals surface area contributed by atoms with Crippen LogP contribution in [-0.2, 0) is 6.42 Å². The lowest BCUT2D eigenvalue weighted by Gasteiger charge is -2.10. The van der Waals surface area contributed by atoms with E-state index in [9.17, 15) is 4.79 Å². The van der Waals surface area contributed by atoms with Crippen molar-refractivity contribution >= 4 is 34.8 Å². The minimum atomic E-state index is 0.0216. The molecule has 1 heterocycles. The van der Waals surface area contributed by atoms with Crippen LogP contribution in [0.4, 0.5) is 17.5 Å². The maximum Gasteiger partial charge on any atom is 0.229 e. The number of anilines is 3. The van der Waals surface area contributed by atoms with Crippen LogP contribution in [0.15, 0.2) is 54.6 Å². The van der Waals surface area contributed by atoms with Gasteiger partial charge in [-0.3, -0.25) is 4.79 Å². The summed E-state index contributed by atoms with van der Waals surface area (Å²) in [6, 6.07) is 17.0. The molecule has 3 aromatic rings. The van der Waals surface area contributed by atoms with Crippen LogP contribution in [0.2, 0.25) is 5.02 Å². The number of aryl methyl sites for hydroxylation is 1. The monoisotopic (exact) mass is 380 g/mol. The third kappa shape index (κ3) is 5.53. The van der Waals surface area contributed by atoms with Gasteiger partial charge in [0.05, 0.1) is 0 Å². The average Bonchev–Trinajstić information content (AvgIpc) is 2.63. The molecule has 2 aromatic carbocycles. The predicted octanol–water partition coefficient (Wildman–Crippen LogP) is 5.04. The third-order valence-corrected chi connectivity index (χ3v) is 4.26. The zero-order chi connectivity index (χ0) is 19.2. The SMILES string of the molecule is CC(=O)c1cccc(Nc2nc(C)cc(NCCc3ccc(Cl)cc3)n2)c1. The highest BCUT2D eigenvalue weighted by Crippen LogP contribution is 2.18. The van der Waals surface area contributed by atoms with Gasteiger partial charge in [-0.25, -0.2) is 4.98 Å². The van der Waals surface area contributed by atoms with Crippen LogP contribution in [-0.4, -0.2) is 22.3 Å². The van der Waals surface area contributed by atoms with Gasteiger partial charge in [-0.2, -0.15) is 4.98 Å². The molecule has 0 unspecified atom stereocenters. The summed E-state index contributed by atoms with van der Waals surface area (Å²) in [7, 11) is 0. The second-order valence-electron chi connectivity index (χ2n) is 6.28. The van der Waals surface area contributed by atoms with E-state index in [0.29, 0.717) is 11.5 Å². The second-order valence-corrected chi connectivity index (χ2v) is 6.72. The lowest BCUT2D eigenvalue weighted by Crippen LogP contribution is -2.09. The molecule has 0 saturated heterocycles. The quantitative estimate of drug-likeness (QED) is 0.562. The highest BCUT2D eigenvalue weighted by atomic mass is 35.5. The molecule has 0 saturated carbocycles. The van der Waals surface area contributed by atoms with Gasteiger partial charge in [0.25, 0.3) is 0 Å². The van der Waals surface area contributed by atoms with Crippen LogP contribution in [0.5, 0.6) is 0 Å². The molecule has 0 amide bonds. The average molecular weight is 381 g/mol. The topological polar surface area (TPSA) is 66.9 Å². The Hall–Kier alpha value is -2.92.